The van der Waals surface area contributed by atoms with Gasteiger partial charge < -0.3 is 10.1 Å². The van der Waals surface area contributed by atoms with Crippen LogP contribution in [0, 0.1) is 5.82 Å². The number of sulfonamides is 1. The summed E-state index contributed by atoms with van der Waals surface area (Å²) in [7, 11) is -3.75. The molecule has 0 spiro atoms. The van der Waals surface area contributed by atoms with E-state index in [2.05, 4.69) is 25.3 Å². The van der Waals surface area contributed by atoms with E-state index in [0.29, 0.717) is 22.7 Å². The van der Waals surface area contributed by atoms with Gasteiger partial charge in [0.1, 0.15) is 12.4 Å². The number of fused-ring (bicyclic) bond motifs is 1. The molecule has 0 aliphatic heterocycles. The third kappa shape index (κ3) is 5.30. The number of carbonyl (C=O) groups excluding carboxylic acids is 1. The van der Waals surface area contributed by atoms with Gasteiger partial charge >= 0.3 is 0 Å². The molecule has 12 heteroatoms. The van der Waals surface area contributed by atoms with Crippen LogP contribution in [0.2, 0.25) is 0 Å². The summed E-state index contributed by atoms with van der Waals surface area (Å²) in [6, 6.07) is 14.8. The zero-order chi connectivity index (χ0) is 23.4. The zero-order valence-electron chi connectivity index (χ0n) is 17.4. The van der Waals surface area contributed by atoms with Gasteiger partial charge in [-0.25, -0.2) is 17.5 Å². The summed E-state index contributed by atoms with van der Waals surface area (Å²) < 4.78 is 47.5. The first-order chi connectivity index (χ1) is 15.8. The maximum absolute atomic E-state index is 13.2. The normalized spacial score (nSPS) is 11.5. The summed E-state index contributed by atoms with van der Waals surface area (Å²) >= 11 is 0. The molecule has 0 aliphatic carbocycles. The van der Waals surface area contributed by atoms with E-state index >= 15 is 0 Å². The highest BCUT2D eigenvalue weighted by atomic mass is 32.2. The van der Waals surface area contributed by atoms with Crippen molar-refractivity contribution >= 4 is 27.3 Å². The van der Waals surface area contributed by atoms with Crippen LogP contribution in [0.25, 0.3) is 17.0 Å². The molecular formula is C21H19FN6O4S. The van der Waals surface area contributed by atoms with Gasteiger partial charge in [0.15, 0.2) is 11.5 Å². The molecule has 0 saturated heterocycles. The molecule has 10 nitrogen and oxygen atoms in total. The molecule has 2 N–H and O–H groups in total. The summed E-state index contributed by atoms with van der Waals surface area (Å²) in [4.78, 5) is 11.1. The number of halogens is 1. The van der Waals surface area contributed by atoms with E-state index in [1.807, 2.05) is 0 Å². The van der Waals surface area contributed by atoms with Gasteiger partial charge in [0.2, 0.25) is 21.8 Å². The van der Waals surface area contributed by atoms with Gasteiger partial charge in [0.25, 0.3) is 0 Å². The van der Waals surface area contributed by atoms with Crippen molar-refractivity contribution in [2.75, 3.05) is 18.5 Å². The van der Waals surface area contributed by atoms with Crippen molar-refractivity contribution in [3.05, 3.63) is 66.5 Å². The summed E-state index contributed by atoms with van der Waals surface area (Å²) in [6.45, 7) is 1.39. The second-order valence-electron chi connectivity index (χ2n) is 6.92. The topological polar surface area (TPSA) is 128 Å². The molecule has 4 rings (SSSR count). The fourth-order valence-corrected chi connectivity index (χ4v) is 3.98. The molecule has 170 valence electrons. The first-order valence-corrected chi connectivity index (χ1v) is 11.3. The molecule has 0 fully saturated rings. The Morgan fingerprint density at radius 3 is 2.45 bits per heavy atom. The third-order valence-electron chi connectivity index (χ3n) is 4.47. The highest BCUT2D eigenvalue weighted by molar-refractivity contribution is 7.89. The summed E-state index contributed by atoms with van der Waals surface area (Å²) in [5, 5.41) is 15.0. The van der Waals surface area contributed by atoms with Crippen LogP contribution in [0.5, 0.6) is 5.88 Å². The molecule has 2 aromatic heterocycles. The molecule has 0 aliphatic rings. The van der Waals surface area contributed by atoms with Gasteiger partial charge in [-0.15, -0.1) is 15.3 Å². The summed E-state index contributed by atoms with van der Waals surface area (Å²) in [5.41, 5.74) is 1.61. The van der Waals surface area contributed by atoms with Crippen molar-refractivity contribution in [2.45, 2.75) is 11.8 Å². The minimum atomic E-state index is -3.75. The van der Waals surface area contributed by atoms with Gasteiger partial charge in [0, 0.05) is 30.8 Å². The number of benzene rings is 2. The zero-order valence-corrected chi connectivity index (χ0v) is 18.2. The second-order valence-corrected chi connectivity index (χ2v) is 8.69. The van der Waals surface area contributed by atoms with Crippen molar-refractivity contribution in [3.8, 4) is 17.3 Å². The molecule has 0 bridgehead atoms. The average molecular weight is 470 g/mol. The molecule has 2 aromatic carbocycles. The standard InChI is InChI=1S/C21H19FN6O4S/c1-14(29)24-17-6-8-18(9-7-17)33(30,31)23-12-13-32-20-11-10-19-25-26-21(28(19)27-20)15-2-4-16(22)5-3-15/h2-11,23H,12-13H2,1H3,(H,24,29). The van der Waals surface area contributed by atoms with Crippen molar-refractivity contribution in [2.24, 2.45) is 0 Å². The van der Waals surface area contributed by atoms with Crippen LogP contribution in [0.1, 0.15) is 6.92 Å². The number of hydrogen-bond acceptors (Lipinski definition) is 7. The maximum Gasteiger partial charge on any atom is 0.240 e. The minimum Gasteiger partial charge on any atom is -0.475 e. The highest BCUT2D eigenvalue weighted by Gasteiger charge is 2.14. The van der Waals surface area contributed by atoms with Crippen molar-refractivity contribution < 1.29 is 22.3 Å². The Morgan fingerprint density at radius 2 is 1.76 bits per heavy atom. The molecule has 0 radical (unpaired) electrons. The first-order valence-electron chi connectivity index (χ1n) is 9.80. The fraction of sp³-hybridized carbons (Fsp3) is 0.143. The predicted molar refractivity (Wildman–Crippen MR) is 118 cm³/mol. The lowest BCUT2D eigenvalue weighted by Gasteiger charge is -2.09. The lowest BCUT2D eigenvalue weighted by Crippen LogP contribution is -2.28. The Hall–Kier alpha value is -3.90. The monoisotopic (exact) mass is 470 g/mol. The van der Waals surface area contributed by atoms with E-state index in [1.54, 1.807) is 24.3 Å². The molecule has 1 amide bonds. The lowest BCUT2D eigenvalue weighted by molar-refractivity contribution is -0.114. The van der Waals surface area contributed by atoms with Crippen molar-refractivity contribution in [1.82, 2.24) is 24.5 Å². The van der Waals surface area contributed by atoms with Crippen LogP contribution < -0.4 is 14.8 Å². The minimum absolute atomic E-state index is 0.00248. The average Bonchev–Trinajstić information content (AvgIpc) is 3.20. The number of nitrogens with one attached hydrogen (secondary N) is 2. The molecular weight excluding hydrogens is 451 g/mol. The van der Waals surface area contributed by atoms with Crippen LogP contribution in [-0.2, 0) is 14.8 Å². The van der Waals surface area contributed by atoms with E-state index < -0.39 is 10.0 Å². The molecule has 33 heavy (non-hydrogen) atoms. The predicted octanol–water partition coefficient (Wildman–Crippen LogP) is 2.25. The molecule has 4 aromatic rings. The fourth-order valence-electron chi connectivity index (χ4n) is 2.96. The second kappa shape index (κ2) is 9.30. The smallest absolute Gasteiger partial charge is 0.240 e. The Morgan fingerprint density at radius 1 is 1.03 bits per heavy atom. The van der Waals surface area contributed by atoms with Crippen LogP contribution >= 0.6 is 0 Å². The first kappa shape index (κ1) is 22.3. The van der Waals surface area contributed by atoms with E-state index in [-0.39, 0.29) is 35.7 Å². The molecule has 0 unspecified atom stereocenters. The van der Waals surface area contributed by atoms with Gasteiger partial charge in [-0.2, -0.15) is 4.52 Å². The SMILES string of the molecule is CC(=O)Nc1ccc(S(=O)(=O)NCCOc2ccc3nnc(-c4ccc(F)cc4)n3n2)cc1. The van der Waals surface area contributed by atoms with Gasteiger partial charge in [-0.05, 0) is 54.6 Å². The number of carbonyl (C=O) groups is 1. The number of ether oxygens (including phenoxy) is 1. The number of aromatic nitrogens is 4. The maximum atomic E-state index is 13.2. The van der Waals surface area contributed by atoms with Crippen molar-refractivity contribution in [3.63, 3.8) is 0 Å². The van der Waals surface area contributed by atoms with Crippen LogP contribution in [0.4, 0.5) is 10.1 Å². The van der Waals surface area contributed by atoms with Crippen molar-refractivity contribution in [1.29, 1.82) is 0 Å². The summed E-state index contributed by atoms with van der Waals surface area (Å²) in [6.07, 6.45) is 0. The third-order valence-corrected chi connectivity index (χ3v) is 5.95. The summed E-state index contributed by atoms with van der Waals surface area (Å²) in [5.74, 6) is 0.0444. The largest absolute Gasteiger partial charge is 0.475 e. The van der Waals surface area contributed by atoms with Crippen LogP contribution in [-0.4, -0.2) is 47.3 Å². The Kier molecular flexibility index (Phi) is 6.29. The molecule has 0 saturated carbocycles. The van der Waals surface area contributed by atoms with E-state index in [9.17, 15) is 17.6 Å². The number of rotatable bonds is 8. The highest BCUT2D eigenvalue weighted by Crippen LogP contribution is 2.19. The number of amides is 1. The number of nitrogens with zero attached hydrogens (tertiary/aromatic N) is 4. The van der Waals surface area contributed by atoms with Gasteiger partial charge in [0.05, 0.1) is 4.90 Å². The Bertz CT molecular complexity index is 1390. The van der Waals surface area contributed by atoms with Crippen LogP contribution in [0.15, 0.2) is 65.6 Å². The Balaban J connectivity index is 1.38. The quantitative estimate of drug-likeness (QED) is 0.378. The number of anilines is 1. The molecule has 0 atom stereocenters. The van der Waals surface area contributed by atoms with Crippen LogP contribution in [0.3, 0.4) is 0 Å². The van der Waals surface area contributed by atoms with Gasteiger partial charge in [-0.1, -0.05) is 0 Å². The van der Waals surface area contributed by atoms with E-state index in [1.165, 1.54) is 47.8 Å². The number of hydrogen-bond donors (Lipinski definition) is 2. The lowest BCUT2D eigenvalue weighted by atomic mass is 10.2. The Labute approximate surface area is 188 Å². The molecule has 2 heterocycles. The van der Waals surface area contributed by atoms with E-state index in [4.69, 9.17) is 4.74 Å². The van der Waals surface area contributed by atoms with E-state index in [0.717, 1.165) is 0 Å². The van der Waals surface area contributed by atoms with Gasteiger partial charge in [-0.3, -0.25) is 4.79 Å².